The van der Waals surface area contributed by atoms with Crippen molar-refractivity contribution in [2.75, 3.05) is 18.4 Å². The van der Waals surface area contributed by atoms with Gasteiger partial charge in [-0.3, -0.25) is 14.2 Å². The van der Waals surface area contributed by atoms with Gasteiger partial charge in [-0.15, -0.1) is 0 Å². The fourth-order valence-electron chi connectivity index (χ4n) is 3.62. The van der Waals surface area contributed by atoms with Gasteiger partial charge in [0.25, 0.3) is 0 Å². The molecule has 0 bridgehead atoms. The van der Waals surface area contributed by atoms with Crippen LogP contribution in [0.15, 0.2) is 37.1 Å². The molecule has 1 N–H and O–H groups in total. The lowest BCUT2D eigenvalue weighted by Gasteiger charge is -2.32. The number of carbonyl (C=O) groups is 1. The standard InChI is InChI=1S/C20H26N8O/c1-3-4-19(29)27-9-6-17(7-10-27)28-13-15(11-23-28)18-5-8-21-20(25-18)24-16-12-22-26(2)14-16/h5,8,11-14,17H,3-4,6-7,9-10H2,1-2H3,(H,21,24,25). The van der Waals surface area contributed by atoms with Gasteiger partial charge in [-0.2, -0.15) is 10.2 Å². The third kappa shape index (κ3) is 4.44. The molecular formula is C20H26N8O. The highest BCUT2D eigenvalue weighted by Crippen LogP contribution is 2.25. The number of likely N-dealkylation sites (tertiary alicyclic amines) is 1. The second kappa shape index (κ2) is 8.42. The van der Waals surface area contributed by atoms with Crippen LogP contribution in [0.25, 0.3) is 11.3 Å². The van der Waals surface area contributed by atoms with Gasteiger partial charge >= 0.3 is 0 Å². The smallest absolute Gasteiger partial charge is 0.227 e. The molecule has 3 aromatic heterocycles. The number of anilines is 2. The van der Waals surface area contributed by atoms with Crippen molar-refractivity contribution < 1.29 is 4.79 Å². The molecule has 9 nitrogen and oxygen atoms in total. The number of hydrogen-bond donors (Lipinski definition) is 1. The molecular weight excluding hydrogens is 368 g/mol. The molecule has 4 heterocycles. The van der Waals surface area contributed by atoms with Crippen molar-refractivity contribution in [1.82, 2.24) is 34.4 Å². The van der Waals surface area contributed by atoms with E-state index in [1.165, 1.54) is 0 Å². The Bertz CT molecular complexity index is 970. The molecule has 0 atom stereocenters. The summed E-state index contributed by atoms with van der Waals surface area (Å²) in [6, 6.07) is 2.19. The number of carbonyl (C=O) groups excluding carboxylic acids is 1. The first-order chi connectivity index (χ1) is 14.1. The molecule has 0 saturated carbocycles. The first-order valence-electron chi connectivity index (χ1n) is 10.0. The van der Waals surface area contributed by atoms with Crippen molar-refractivity contribution in [2.45, 2.75) is 38.6 Å². The van der Waals surface area contributed by atoms with Crippen LogP contribution < -0.4 is 5.32 Å². The first kappa shape index (κ1) is 19.1. The lowest BCUT2D eigenvalue weighted by atomic mass is 10.0. The fourth-order valence-corrected chi connectivity index (χ4v) is 3.62. The largest absolute Gasteiger partial charge is 0.343 e. The van der Waals surface area contributed by atoms with Gasteiger partial charge in [-0.25, -0.2) is 9.97 Å². The summed E-state index contributed by atoms with van der Waals surface area (Å²) < 4.78 is 3.73. The van der Waals surface area contributed by atoms with Crippen molar-refractivity contribution in [3.05, 3.63) is 37.1 Å². The molecule has 1 fully saturated rings. The molecule has 1 amide bonds. The topological polar surface area (TPSA) is 93.8 Å². The van der Waals surface area contributed by atoms with E-state index in [0.717, 1.165) is 49.3 Å². The van der Waals surface area contributed by atoms with Crippen molar-refractivity contribution in [3.63, 3.8) is 0 Å². The van der Waals surface area contributed by atoms with Gasteiger partial charge in [-0.1, -0.05) is 6.92 Å². The zero-order valence-corrected chi connectivity index (χ0v) is 16.8. The zero-order chi connectivity index (χ0) is 20.2. The van der Waals surface area contributed by atoms with Gasteiger partial charge in [0.05, 0.1) is 29.8 Å². The number of amides is 1. The minimum absolute atomic E-state index is 0.265. The van der Waals surface area contributed by atoms with Gasteiger partial charge in [0.1, 0.15) is 0 Å². The second-order valence-electron chi connectivity index (χ2n) is 7.36. The Labute approximate surface area is 169 Å². The highest BCUT2D eigenvalue weighted by Gasteiger charge is 2.24. The monoisotopic (exact) mass is 394 g/mol. The third-order valence-corrected chi connectivity index (χ3v) is 5.17. The van der Waals surface area contributed by atoms with E-state index in [4.69, 9.17) is 0 Å². The van der Waals surface area contributed by atoms with Crippen LogP contribution in [-0.4, -0.2) is 53.4 Å². The van der Waals surface area contributed by atoms with E-state index in [1.54, 1.807) is 17.1 Å². The Hall–Kier alpha value is -3.23. The molecule has 152 valence electrons. The number of aryl methyl sites for hydroxylation is 1. The molecule has 1 aliphatic heterocycles. The van der Waals surface area contributed by atoms with Crippen LogP contribution in [0.4, 0.5) is 11.6 Å². The first-order valence-corrected chi connectivity index (χ1v) is 10.0. The SMILES string of the molecule is CCCC(=O)N1CCC(n2cc(-c3ccnc(Nc4cnn(C)c4)n3)cn2)CC1. The van der Waals surface area contributed by atoms with Crippen molar-refractivity contribution in [2.24, 2.45) is 7.05 Å². The van der Waals surface area contributed by atoms with Crippen molar-refractivity contribution >= 4 is 17.5 Å². The van der Waals surface area contributed by atoms with Gasteiger partial charge in [0.15, 0.2) is 0 Å². The van der Waals surface area contributed by atoms with Crippen molar-refractivity contribution in [1.29, 1.82) is 0 Å². The lowest BCUT2D eigenvalue weighted by Crippen LogP contribution is -2.39. The van der Waals surface area contributed by atoms with Crippen molar-refractivity contribution in [3.8, 4) is 11.3 Å². The fraction of sp³-hybridized carbons (Fsp3) is 0.450. The molecule has 0 spiro atoms. The van der Waals surface area contributed by atoms with Crippen LogP contribution in [0, 0.1) is 0 Å². The minimum Gasteiger partial charge on any atom is -0.343 e. The van der Waals surface area contributed by atoms with Crippen LogP contribution in [-0.2, 0) is 11.8 Å². The maximum absolute atomic E-state index is 12.1. The van der Waals surface area contributed by atoms with Gasteiger partial charge in [-0.05, 0) is 25.3 Å². The van der Waals surface area contributed by atoms with E-state index in [2.05, 4.69) is 25.5 Å². The molecule has 0 aromatic carbocycles. The Morgan fingerprint density at radius 2 is 2.03 bits per heavy atom. The molecule has 4 rings (SSSR count). The van der Waals surface area contributed by atoms with E-state index in [0.29, 0.717) is 18.4 Å². The predicted molar refractivity (Wildman–Crippen MR) is 110 cm³/mol. The number of rotatable bonds is 6. The average Bonchev–Trinajstić information content (AvgIpc) is 3.38. The Balaban J connectivity index is 1.42. The van der Waals surface area contributed by atoms with E-state index < -0.39 is 0 Å². The summed E-state index contributed by atoms with van der Waals surface area (Å²) >= 11 is 0. The number of piperidine rings is 1. The minimum atomic E-state index is 0.265. The molecule has 0 unspecified atom stereocenters. The third-order valence-electron chi connectivity index (χ3n) is 5.17. The zero-order valence-electron chi connectivity index (χ0n) is 16.8. The Morgan fingerprint density at radius 1 is 1.21 bits per heavy atom. The number of nitrogens with zero attached hydrogens (tertiary/aromatic N) is 7. The van der Waals surface area contributed by atoms with Crippen LogP contribution in [0.5, 0.6) is 0 Å². The van der Waals surface area contributed by atoms with E-state index in [1.807, 2.05) is 48.2 Å². The van der Waals surface area contributed by atoms with Gasteiger partial charge in [0.2, 0.25) is 11.9 Å². The van der Waals surface area contributed by atoms with Gasteiger partial charge < -0.3 is 10.2 Å². The predicted octanol–water partition coefficient (Wildman–Crippen LogP) is 2.78. The molecule has 9 heteroatoms. The average molecular weight is 394 g/mol. The molecule has 3 aromatic rings. The van der Waals surface area contributed by atoms with E-state index >= 15 is 0 Å². The normalized spacial score (nSPS) is 14.9. The lowest BCUT2D eigenvalue weighted by molar-refractivity contribution is -0.132. The molecule has 0 radical (unpaired) electrons. The maximum atomic E-state index is 12.1. The van der Waals surface area contributed by atoms with Crippen LogP contribution in [0.3, 0.4) is 0 Å². The van der Waals surface area contributed by atoms with E-state index in [-0.39, 0.29) is 5.91 Å². The summed E-state index contributed by atoms with van der Waals surface area (Å²) in [5, 5.41) is 11.9. The number of hydrogen-bond acceptors (Lipinski definition) is 6. The molecule has 1 aliphatic rings. The summed E-state index contributed by atoms with van der Waals surface area (Å²) in [6.07, 6.45) is 12.6. The van der Waals surface area contributed by atoms with Gasteiger partial charge in [0, 0.05) is 50.7 Å². The summed E-state index contributed by atoms with van der Waals surface area (Å²) in [6.45, 7) is 3.64. The van der Waals surface area contributed by atoms with Crippen LogP contribution in [0.1, 0.15) is 38.6 Å². The number of aromatic nitrogens is 6. The maximum Gasteiger partial charge on any atom is 0.227 e. The summed E-state index contributed by atoms with van der Waals surface area (Å²) in [5.41, 5.74) is 2.60. The highest BCUT2D eigenvalue weighted by atomic mass is 16.2. The molecule has 29 heavy (non-hydrogen) atoms. The Kier molecular flexibility index (Phi) is 5.55. The highest BCUT2D eigenvalue weighted by molar-refractivity contribution is 5.76. The van der Waals surface area contributed by atoms with E-state index in [9.17, 15) is 4.79 Å². The molecule has 0 aliphatic carbocycles. The summed E-state index contributed by atoms with van der Waals surface area (Å²) in [5.74, 6) is 0.785. The van der Waals surface area contributed by atoms with Crippen LogP contribution >= 0.6 is 0 Å². The number of nitrogens with one attached hydrogen (secondary N) is 1. The molecule has 1 saturated heterocycles. The second-order valence-corrected chi connectivity index (χ2v) is 7.36. The van der Waals surface area contributed by atoms with Crippen LogP contribution in [0.2, 0.25) is 0 Å². The summed E-state index contributed by atoms with van der Waals surface area (Å²) in [7, 11) is 1.86. The Morgan fingerprint density at radius 3 is 2.76 bits per heavy atom. The quantitative estimate of drug-likeness (QED) is 0.691. The summed E-state index contributed by atoms with van der Waals surface area (Å²) in [4.78, 5) is 22.9.